The Bertz CT molecular complexity index is 745. The molecule has 1 aliphatic rings. The summed E-state index contributed by atoms with van der Waals surface area (Å²) in [5.74, 6) is -1.36. The number of hydrogen-bond acceptors (Lipinski definition) is 10. The van der Waals surface area contributed by atoms with Gasteiger partial charge in [-0.3, -0.25) is 0 Å². The van der Waals surface area contributed by atoms with Gasteiger partial charge >= 0.3 is 5.97 Å². The van der Waals surface area contributed by atoms with Crippen molar-refractivity contribution >= 4 is 5.97 Å². The van der Waals surface area contributed by atoms with E-state index in [0.29, 0.717) is 12.8 Å². The molecule has 1 aliphatic heterocycles. The van der Waals surface area contributed by atoms with Crippen molar-refractivity contribution in [3.63, 3.8) is 0 Å². The minimum absolute atomic E-state index is 0.148. The fourth-order valence-electron chi connectivity index (χ4n) is 5.46. The van der Waals surface area contributed by atoms with Crippen molar-refractivity contribution in [2.45, 2.75) is 153 Å². The van der Waals surface area contributed by atoms with Crippen LogP contribution in [0.4, 0.5) is 0 Å². The van der Waals surface area contributed by atoms with Crippen LogP contribution in [-0.4, -0.2) is 93.1 Å². The molecule has 2 unspecified atom stereocenters. The number of esters is 1. The maximum absolute atomic E-state index is 13.1. The lowest BCUT2D eigenvalue weighted by atomic mass is 9.74. The minimum atomic E-state index is -2.34. The quantitative estimate of drug-likeness (QED) is 0.0567. The lowest BCUT2D eigenvalue weighted by Gasteiger charge is -2.44. The summed E-state index contributed by atoms with van der Waals surface area (Å²) < 4.78 is 17.4. The van der Waals surface area contributed by atoms with E-state index in [2.05, 4.69) is 6.92 Å². The van der Waals surface area contributed by atoms with Crippen LogP contribution in [0.1, 0.15) is 129 Å². The molecule has 0 aliphatic carbocycles. The Balaban J connectivity index is 2.76. The first-order valence-corrected chi connectivity index (χ1v) is 16.4. The molecule has 0 amide bonds. The molecule has 10 heteroatoms. The van der Waals surface area contributed by atoms with Gasteiger partial charge in [-0.2, -0.15) is 0 Å². The first kappa shape index (κ1) is 38.6. The molecule has 42 heavy (non-hydrogen) atoms. The number of cyclic esters (lactones) is 1. The third-order valence-corrected chi connectivity index (χ3v) is 8.05. The highest BCUT2D eigenvalue weighted by Gasteiger charge is 2.64. The molecule has 0 saturated heterocycles. The van der Waals surface area contributed by atoms with Gasteiger partial charge in [0.15, 0.2) is 5.76 Å². The normalized spacial score (nSPS) is 20.0. The van der Waals surface area contributed by atoms with Crippen molar-refractivity contribution in [3.8, 4) is 0 Å². The summed E-state index contributed by atoms with van der Waals surface area (Å²) in [7, 11) is 0. The van der Waals surface area contributed by atoms with Crippen LogP contribution in [0.2, 0.25) is 0 Å². The molecular weight excluding hydrogens is 544 g/mol. The number of aliphatic hydroxyl groups is 6. The summed E-state index contributed by atoms with van der Waals surface area (Å²) >= 11 is 0. The van der Waals surface area contributed by atoms with Gasteiger partial charge in [-0.25, -0.2) is 4.79 Å². The van der Waals surface area contributed by atoms with Gasteiger partial charge < -0.3 is 44.8 Å². The zero-order valence-electron chi connectivity index (χ0n) is 26.2. The molecule has 6 N–H and O–H groups in total. The van der Waals surface area contributed by atoms with Crippen LogP contribution in [-0.2, 0) is 19.0 Å². The van der Waals surface area contributed by atoms with Gasteiger partial charge in [0, 0.05) is 12.8 Å². The van der Waals surface area contributed by atoms with Gasteiger partial charge in [-0.15, -0.1) is 0 Å². The number of carbonyl (C=O) groups excluding carboxylic acids is 1. The smallest absolute Gasteiger partial charge is 0.378 e. The second-order valence-corrected chi connectivity index (χ2v) is 11.8. The highest BCUT2D eigenvalue weighted by atomic mass is 16.6. The predicted molar refractivity (Wildman–Crippen MR) is 160 cm³/mol. The van der Waals surface area contributed by atoms with Crippen molar-refractivity contribution in [1.29, 1.82) is 0 Å². The zero-order chi connectivity index (χ0) is 31.3. The highest BCUT2D eigenvalue weighted by molar-refractivity contribution is 5.90. The number of rotatable bonds is 28. The zero-order valence-corrected chi connectivity index (χ0v) is 26.2. The van der Waals surface area contributed by atoms with E-state index in [1.165, 1.54) is 64.2 Å². The lowest BCUT2D eigenvalue weighted by molar-refractivity contribution is -0.212. The molecule has 248 valence electrons. The third-order valence-electron chi connectivity index (χ3n) is 8.05. The Morgan fingerprint density at radius 3 is 1.67 bits per heavy atom. The van der Waals surface area contributed by atoms with E-state index in [1.807, 2.05) is 6.92 Å². The van der Waals surface area contributed by atoms with E-state index < -0.39 is 62.0 Å². The molecule has 10 nitrogen and oxygen atoms in total. The van der Waals surface area contributed by atoms with E-state index in [4.69, 9.17) is 14.2 Å². The van der Waals surface area contributed by atoms with Gasteiger partial charge in [0.1, 0.15) is 5.60 Å². The van der Waals surface area contributed by atoms with Gasteiger partial charge in [0.05, 0.1) is 45.2 Å². The molecular formula is C32H60O10. The highest BCUT2D eigenvalue weighted by Crippen LogP contribution is 2.47. The first-order valence-electron chi connectivity index (χ1n) is 16.4. The fraction of sp³-hybridized carbons (Fsp3) is 0.906. The van der Waals surface area contributed by atoms with Gasteiger partial charge in [-0.05, 0) is 12.8 Å². The summed E-state index contributed by atoms with van der Waals surface area (Å²) in [6.45, 7) is 2.14. The molecule has 4 atom stereocenters. The molecule has 0 radical (unpaired) electrons. The largest absolute Gasteiger partial charge is 0.490 e. The van der Waals surface area contributed by atoms with Crippen LogP contribution in [0, 0.1) is 0 Å². The van der Waals surface area contributed by atoms with E-state index in [0.717, 1.165) is 25.7 Å². The Morgan fingerprint density at radius 2 is 1.19 bits per heavy atom. The van der Waals surface area contributed by atoms with Gasteiger partial charge in [0.25, 0.3) is 0 Å². The molecule has 0 spiro atoms. The SMILES string of the molecule is CCCCCCCCCCCCCCCCOC1=C(OCCCC)[C@@](CC(O)CO)([C@@](O)(CO)CC(O)CO)OC1=O. The lowest BCUT2D eigenvalue weighted by Crippen LogP contribution is -2.61. The summed E-state index contributed by atoms with van der Waals surface area (Å²) in [6.07, 6.45) is 14.3. The van der Waals surface area contributed by atoms with Crippen LogP contribution >= 0.6 is 0 Å². The van der Waals surface area contributed by atoms with Gasteiger partial charge in [-0.1, -0.05) is 104 Å². The molecule has 0 fully saturated rings. The average molecular weight is 605 g/mol. The summed E-state index contributed by atoms with van der Waals surface area (Å²) in [5.41, 5.74) is -4.49. The monoisotopic (exact) mass is 604 g/mol. The number of carbonyl (C=O) groups is 1. The van der Waals surface area contributed by atoms with E-state index in [1.54, 1.807) is 0 Å². The molecule has 0 bridgehead atoms. The maximum atomic E-state index is 13.1. The average Bonchev–Trinajstić information content (AvgIpc) is 3.25. The Labute approximate surface area is 253 Å². The van der Waals surface area contributed by atoms with E-state index >= 15 is 0 Å². The predicted octanol–water partition coefficient (Wildman–Crippen LogP) is 4.02. The van der Waals surface area contributed by atoms with Crippen molar-refractivity contribution in [2.24, 2.45) is 0 Å². The molecule has 1 heterocycles. The van der Waals surface area contributed by atoms with Crippen LogP contribution in [0.25, 0.3) is 0 Å². The standard InChI is InChI=1S/C32H60O10/c1-3-5-7-8-9-10-11-12-13-14-15-16-17-18-20-40-28-29(41-19-6-4-2)32(42-30(28)38,22-27(37)24-34)31(39,25-35)21-26(36)23-33/h26-27,33-37,39H,3-25H2,1-2H3/t26?,27?,31-,32-/m0/s1. The Kier molecular flexibility index (Phi) is 20.3. The number of ether oxygens (including phenoxy) is 3. The first-order chi connectivity index (χ1) is 20.2. The van der Waals surface area contributed by atoms with Crippen molar-refractivity contribution in [2.75, 3.05) is 33.0 Å². The van der Waals surface area contributed by atoms with Crippen molar-refractivity contribution < 1.29 is 49.6 Å². The number of hydrogen-bond donors (Lipinski definition) is 6. The second-order valence-electron chi connectivity index (χ2n) is 11.8. The topological polar surface area (TPSA) is 166 Å². The summed E-state index contributed by atoms with van der Waals surface area (Å²) in [6, 6.07) is 0. The molecule has 0 aromatic heterocycles. The maximum Gasteiger partial charge on any atom is 0.378 e. The number of aliphatic hydroxyl groups excluding tert-OH is 5. The van der Waals surface area contributed by atoms with E-state index in [9.17, 15) is 35.4 Å². The Hall–Kier alpha value is -1.43. The summed E-state index contributed by atoms with van der Waals surface area (Å²) in [5, 5.41) is 61.1. The second kappa shape index (κ2) is 22.1. The van der Waals surface area contributed by atoms with Crippen LogP contribution < -0.4 is 0 Å². The van der Waals surface area contributed by atoms with Crippen LogP contribution in [0.15, 0.2) is 11.5 Å². The Morgan fingerprint density at radius 1 is 0.714 bits per heavy atom. The fourth-order valence-corrected chi connectivity index (χ4v) is 5.46. The van der Waals surface area contributed by atoms with Crippen LogP contribution in [0.3, 0.4) is 0 Å². The van der Waals surface area contributed by atoms with Gasteiger partial charge in [0.2, 0.25) is 11.4 Å². The minimum Gasteiger partial charge on any atom is -0.490 e. The van der Waals surface area contributed by atoms with E-state index in [-0.39, 0.29) is 24.7 Å². The van der Waals surface area contributed by atoms with Crippen molar-refractivity contribution in [1.82, 2.24) is 0 Å². The summed E-state index contributed by atoms with van der Waals surface area (Å²) in [4.78, 5) is 13.1. The molecule has 0 aromatic carbocycles. The van der Waals surface area contributed by atoms with Crippen molar-refractivity contribution in [3.05, 3.63) is 11.5 Å². The van der Waals surface area contributed by atoms with Crippen LogP contribution in [0.5, 0.6) is 0 Å². The third kappa shape index (κ3) is 12.7. The molecule has 1 rings (SSSR count). The number of unbranched alkanes of at least 4 members (excludes halogenated alkanes) is 14. The molecule has 0 saturated carbocycles. The molecule has 0 aromatic rings.